The van der Waals surface area contributed by atoms with Crippen molar-refractivity contribution in [1.82, 2.24) is 14.6 Å². The zero-order chi connectivity index (χ0) is 10.4. The molecule has 0 amide bonds. The summed E-state index contributed by atoms with van der Waals surface area (Å²) in [5.41, 5.74) is 2.56. The van der Waals surface area contributed by atoms with E-state index in [0.29, 0.717) is 12.3 Å². The summed E-state index contributed by atoms with van der Waals surface area (Å²) in [4.78, 5) is 16.0. The van der Waals surface area contributed by atoms with Crippen LogP contribution in [0.5, 0.6) is 0 Å². The van der Waals surface area contributed by atoms with Crippen LogP contribution < -0.4 is 0 Å². The van der Waals surface area contributed by atoms with Crippen molar-refractivity contribution in [2.45, 2.75) is 19.8 Å². The van der Waals surface area contributed by atoms with E-state index in [1.807, 2.05) is 6.07 Å². The van der Waals surface area contributed by atoms with Crippen molar-refractivity contribution in [1.29, 1.82) is 0 Å². The van der Waals surface area contributed by atoms with Crippen molar-refractivity contribution in [3.8, 4) is 0 Å². The summed E-state index contributed by atoms with van der Waals surface area (Å²) in [5, 5.41) is 4.20. The number of nitrogens with zero attached hydrogens (tertiary/aromatic N) is 3. The van der Waals surface area contributed by atoms with Crippen LogP contribution in [0, 0.1) is 5.92 Å². The standard InChI is InChI=1S/C11H11N3O/c1-7-4-9-8(10(15)5-7)6-12-11-2-3-13-14(9)11/h2-3,6-7H,4-5H2,1H3. The van der Waals surface area contributed by atoms with Crippen LogP contribution in [-0.2, 0) is 6.42 Å². The lowest BCUT2D eigenvalue weighted by Crippen LogP contribution is -2.21. The third-order valence-electron chi connectivity index (χ3n) is 2.89. The Morgan fingerprint density at radius 1 is 1.47 bits per heavy atom. The summed E-state index contributed by atoms with van der Waals surface area (Å²) in [5.74, 6) is 0.591. The third-order valence-corrected chi connectivity index (χ3v) is 2.89. The van der Waals surface area contributed by atoms with Gasteiger partial charge in [0.05, 0.1) is 17.5 Å². The maximum Gasteiger partial charge on any atom is 0.166 e. The lowest BCUT2D eigenvalue weighted by Gasteiger charge is -2.20. The molecule has 76 valence electrons. The Morgan fingerprint density at radius 2 is 2.33 bits per heavy atom. The molecule has 1 aliphatic rings. The first-order valence-electron chi connectivity index (χ1n) is 5.10. The van der Waals surface area contributed by atoms with Crippen molar-refractivity contribution in [2.24, 2.45) is 5.92 Å². The Kier molecular flexibility index (Phi) is 1.65. The summed E-state index contributed by atoms with van der Waals surface area (Å²) < 4.78 is 1.78. The van der Waals surface area contributed by atoms with Crippen molar-refractivity contribution in [2.75, 3.05) is 0 Å². The number of Topliss-reactive ketones (excluding diaryl/α,β-unsaturated/α-hetero) is 1. The lowest BCUT2D eigenvalue weighted by molar-refractivity contribution is 0.0951. The summed E-state index contributed by atoms with van der Waals surface area (Å²) in [7, 11) is 0. The first kappa shape index (κ1) is 8.59. The Morgan fingerprint density at radius 3 is 3.20 bits per heavy atom. The summed E-state index contributed by atoms with van der Waals surface area (Å²) in [6.07, 6.45) is 4.93. The lowest BCUT2D eigenvalue weighted by atomic mass is 9.88. The first-order valence-corrected chi connectivity index (χ1v) is 5.10. The van der Waals surface area contributed by atoms with Gasteiger partial charge in [0.2, 0.25) is 0 Å². The monoisotopic (exact) mass is 201 g/mol. The van der Waals surface area contributed by atoms with Crippen LogP contribution in [0.1, 0.15) is 29.4 Å². The topological polar surface area (TPSA) is 47.3 Å². The number of fused-ring (bicyclic) bond motifs is 3. The number of ketones is 1. The summed E-state index contributed by atoms with van der Waals surface area (Å²) in [6, 6.07) is 1.85. The number of carbonyl (C=O) groups excluding carboxylic acids is 1. The van der Waals surface area contributed by atoms with E-state index in [9.17, 15) is 4.79 Å². The van der Waals surface area contributed by atoms with E-state index in [1.54, 1.807) is 16.9 Å². The molecule has 2 heterocycles. The molecule has 1 unspecified atom stereocenters. The molecule has 0 bridgehead atoms. The average Bonchev–Trinajstić information content (AvgIpc) is 2.65. The van der Waals surface area contributed by atoms with Gasteiger partial charge in [-0.05, 0) is 12.3 Å². The van der Waals surface area contributed by atoms with E-state index in [2.05, 4.69) is 17.0 Å². The van der Waals surface area contributed by atoms with Crippen LogP contribution in [0.3, 0.4) is 0 Å². The second-order valence-electron chi connectivity index (χ2n) is 4.16. The normalized spacial score (nSPS) is 20.6. The number of carbonyl (C=O) groups is 1. The molecule has 15 heavy (non-hydrogen) atoms. The van der Waals surface area contributed by atoms with Crippen molar-refractivity contribution in [3.05, 3.63) is 29.7 Å². The zero-order valence-electron chi connectivity index (χ0n) is 8.47. The van der Waals surface area contributed by atoms with Gasteiger partial charge in [-0.2, -0.15) is 5.10 Å². The molecule has 4 heteroatoms. The molecule has 0 spiro atoms. The summed E-state index contributed by atoms with van der Waals surface area (Å²) in [6.45, 7) is 2.09. The highest BCUT2D eigenvalue weighted by Gasteiger charge is 2.24. The molecule has 0 N–H and O–H groups in total. The Hall–Kier alpha value is -1.71. The van der Waals surface area contributed by atoms with Crippen molar-refractivity contribution in [3.63, 3.8) is 0 Å². The van der Waals surface area contributed by atoms with E-state index >= 15 is 0 Å². The van der Waals surface area contributed by atoms with E-state index in [-0.39, 0.29) is 5.78 Å². The number of hydrogen-bond donors (Lipinski definition) is 0. The molecule has 3 rings (SSSR count). The predicted molar refractivity (Wildman–Crippen MR) is 54.8 cm³/mol. The quantitative estimate of drug-likeness (QED) is 0.648. The van der Waals surface area contributed by atoms with E-state index in [4.69, 9.17) is 0 Å². The fourth-order valence-electron chi connectivity index (χ4n) is 2.18. The molecule has 4 nitrogen and oxygen atoms in total. The van der Waals surface area contributed by atoms with Crippen LogP contribution in [0.15, 0.2) is 18.5 Å². The van der Waals surface area contributed by atoms with Gasteiger partial charge in [0, 0.05) is 18.7 Å². The van der Waals surface area contributed by atoms with Crippen LogP contribution in [0.4, 0.5) is 0 Å². The van der Waals surface area contributed by atoms with Gasteiger partial charge in [0.1, 0.15) is 0 Å². The average molecular weight is 201 g/mol. The first-order chi connectivity index (χ1) is 7.25. The smallest absolute Gasteiger partial charge is 0.166 e. The number of rotatable bonds is 0. The van der Waals surface area contributed by atoms with Gasteiger partial charge >= 0.3 is 0 Å². The van der Waals surface area contributed by atoms with Gasteiger partial charge < -0.3 is 0 Å². The van der Waals surface area contributed by atoms with Gasteiger partial charge in [-0.25, -0.2) is 9.50 Å². The van der Waals surface area contributed by atoms with Gasteiger partial charge in [-0.3, -0.25) is 4.79 Å². The molecular formula is C11H11N3O. The second-order valence-corrected chi connectivity index (χ2v) is 4.16. The van der Waals surface area contributed by atoms with Gasteiger partial charge in [0.25, 0.3) is 0 Å². The van der Waals surface area contributed by atoms with Crippen molar-refractivity contribution < 1.29 is 4.79 Å². The molecule has 0 radical (unpaired) electrons. The van der Waals surface area contributed by atoms with E-state index < -0.39 is 0 Å². The molecule has 2 aromatic rings. The molecule has 2 aromatic heterocycles. The molecule has 0 saturated heterocycles. The Labute approximate surface area is 86.9 Å². The van der Waals surface area contributed by atoms with Crippen LogP contribution in [0.2, 0.25) is 0 Å². The maximum absolute atomic E-state index is 11.8. The maximum atomic E-state index is 11.8. The minimum Gasteiger partial charge on any atom is -0.294 e. The Bertz CT molecular complexity index is 544. The highest BCUT2D eigenvalue weighted by atomic mass is 16.1. The van der Waals surface area contributed by atoms with E-state index in [0.717, 1.165) is 23.3 Å². The van der Waals surface area contributed by atoms with Crippen molar-refractivity contribution >= 4 is 11.4 Å². The van der Waals surface area contributed by atoms with Crippen LogP contribution in [0.25, 0.3) is 5.65 Å². The minimum absolute atomic E-state index is 0.189. The fourth-order valence-corrected chi connectivity index (χ4v) is 2.18. The third kappa shape index (κ3) is 1.17. The molecule has 0 fully saturated rings. The molecule has 1 atom stereocenters. The van der Waals surface area contributed by atoms with Gasteiger partial charge in [0.15, 0.2) is 11.4 Å². The minimum atomic E-state index is 0.189. The highest BCUT2D eigenvalue weighted by molar-refractivity contribution is 5.98. The van der Waals surface area contributed by atoms with Gasteiger partial charge in [-0.15, -0.1) is 0 Å². The number of aromatic nitrogens is 3. The second kappa shape index (κ2) is 2.89. The fraction of sp³-hybridized carbons (Fsp3) is 0.364. The molecule has 0 saturated carbocycles. The largest absolute Gasteiger partial charge is 0.294 e. The zero-order valence-corrected chi connectivity index (χ0v) is 8.47. The number of hydrogen-bond acceptors (Lipinski definition) is 3. The molecule has 0 aromatic carbocycles. The molecule has 1 aliphatic carbocycles. The van der Waals surface area contributed by atoms with Crippen LogP contribution >= 0.6 is 0 Å². The van der Waals surface area contributed by atoms with Crippen LogP contribution in [-0.4, -0.2) is 20.4 Å². The SMILES string of the molecule is CC1CC(=O)c2cnc3ccnn3c2C1. The predicted octanol–water partition coefficient (Wildman–Crippen LogP) is 1.49. The van der Waals surface area contributed by atoms with Gasteiger partial charge in [-0.1, -0.05) is 6.92 Å². The summed E-state index contributed by atoms with van der Waals surface area (Å²) >= 11 is 0. The molecule has 0 aliphatic heterocycles. The van der Waals surface area contributed by atoms with E-state index in [1.165, 1.54) is 0 Å². The Balaban J connectivity index is 2.32. The molecular weight excluding hydrogens is 190 g/mol. The highest BCUT2D eigenvalue weighted by Crippen LogP contribution is 2.24.